The van der Waals surface area contributed by atoms with E-state index in [1.54, 1.807) is 30.5 Å². The van der Waals surface area contributed by atoms with Crippen molar-refractivity contribution in [2.75, 3.05) is 11.9 Å². The summed E-state index contributed by atoms with van der Waals surface area (Å²) in [5, 5.41) is 8.69. The maximum absolute atomic E-state index is 12.4. The van der Waals surface area contributed by atoms with Crippen LogP contribution in [0.4, 0.5) is 5.69 Å². The average Bonchev–Trinajstić information content (AvgIpc) is 3.47. The average molecular weight is 431 g/mol. The zero-order valence-corrected chi connectivity index (χ0v) is 17.9. The number of nitrogens with zero attached hydrogens (tertiary/aromatic N) is 4. The topological polar surface area (TPSA) is 88.8 Å². The lowest BCUT2D eigenvalue weighted by atomic mass is 10.1. The summed E-state index contributed by atoms with van der Waals surface area (Å²) in [4.78, 5) is 28.9. The van der Waals surface area contributed by atoms with Gasteiger partial charge in [-0.15, -0.1) is 0 Å². The molecule has 1 aromatic heterocycles. The molecule has 2 aromatic carbocycles. The van der Waals surface area contributed by atoms with E-state index in [9.17, 15) is 9.59 Å². The Hall–Kier alpha value is -3.94. The fourth-order valence-corrected chi connectivity index (χ4v) is 3.36. The first kappa shape index (κ1) is 21.3. The Bertz CT molecular complexity index is 1110. The Morgan fingerprint density at radius 3 is 2.56 bits per heavy atom. The second-order valence-electron chi connectivity index (χ2n) is 7.50. The van der Waals surface area contributed by atoms with Crippen molar-refractivity contribution in [2.45, 2.75) is 25.9 Å². The number of carbonyl (C=O) groups excluding carboxylic acids is 2. The number of hydrazone groups is 1. The van der Waals surface area contributed by atoms with Crippen LogP contribution in [0.15, 0.2) is 72.1 Å². The minimum Gasteiger partial charge on any atom is -0.486 e. The van der Waals surface area contributed by atoms with Crippen molar-refractivity contribution in [3.8, 4) is 5.75 Å². The maximum Gasteiger partial charge on any atom is 0.243 e. The molecule has 0 aliphatic carbocycles. The highest BCUT2D eigenvalue weighted by molar-refractivity contribution is 6.02. The predicted molar refractivity (Wildman–Crippen MR) is 121 cm³/mol. The number of ether oxygens (including phenoxy) is 1. The molecular formula is C24H25N5O3. The van der Waals surface area contributed by atoms with Crippen molar-refractivity contribution < 1.29 is 14.3 Å². The van der Waals surface area contributed by atoms with Crippen LogP contribution in [0.5, 0.6) is 5.75 Å². The van der Waals surface area contributed by atoms with Crippen LogP contribution in [0.2, 0.25) is 0 Å². The Kier molecular flexibility index (Phi) is 6.60. The molecule has 0 atom stereocenters. The number of anilines is 1. The minimum absolute atomic E-state index is 0.100. The van der Waals surface area contributed by atoms with Gasteiger partial charge in [0, 0.05) is 44.4 Å². The summed E-state index contributed by atoms with van der Waals surface area (Å²) < 4.78 is 7.60. The van der Waals surface area contributed by atoms with Gasteiger partial charge >= 0.3 is 0 Å². The lowest BCUT2D eigenvalue weighted by Crippen LogP contribution is -2.24. The number of hydrogen-bond acceptors (Lipinski definition) is 5. The maximum atomic E-state index is 12.4. The minimum atomic E-state index is -0.216. The zero-order valence-electron chi connectivity index (χ0n) is 17.9. The first-order chi connectivity index (χ1) is 15.6. The number of rotatable bonds is 8. The molecule has 164 valence electrons. The van der Waals surface area contributed by atoms with Gasteiger partial charge in [-0.2, -0.15) is 5.10 Å². The number of carbonyl (C=O) groups is 2. The van der Waals surface area contributed by atoms with Crippen LogP contribution in [-0.2, 0) is 23.2 Å². The van der Waals surface area contributed by atoms with Crippen LogP contribution in [-0.4, -0.2) is 38.6 Å². The molecule has 32 heavy (non-hydrogen) atoms. The Morgan fingerprint density at radius 2 is 1.84 bits per heavy atom. The van der Waals surface area contributed by atoms with E-state index >= 15 is 0 Å². The molecule has 8 nitrogen and oxygen atoms in total. The SMILES string of the molecule is Cn1ccnc1COc1ccc(NC(=O)CCC(=O)N2CCC(c3ccccc3)=N2)cc1. The highest BCUT2D eigenvalue weighted by Crippen LogP contribution is 2.18. The molecule has 2 amide bonds. The lowest BCUT2D eigenvalue weighted by molar-refractivity contribution is -0.132. The van der Waals surface area contributed by atoms with E-state index in [-0.39, 0.29) is 24.7 Å². The van der Waals surface area contributed by atoms with E-state index in [0.29, 0.717) is 24.6 Å². The third-order valence-electron chi connectivity index (χ3n) is 5.19. The number of aryl methyl sites for hydroxylation is 1. The summed E-state index contributed by atoms with van der Waals surface area (Å²) >= 11 is 0. The Morgan fingerprint density at radius 1 is 1.06 bits per heavy atom. The number of hydrogen-bond donors (Lipinski definition) is 1. The molecule has 4 rings (SSSR count). The van der Waals surface area contributed by atoms with Gasteiger partial charge in [0.2, 0.25) is 11.8 Å². The van der Waals surface area contributed by atoms with Crippen LogP contribution in [0, 0.1) is 0 Å². The molecule has 0 saturated heterocycles. The van der Waals surface area contributed by atoms with E-state index in [0.717, 1.165) is 23.5 Å². The van der Waals surface area contributed by atoms with Crippen LogP contribution >= 0.6 is 0 Å². The standard InChI is InChI=1S/C24H25N5O3/c1-28-16-14-25-22(28)17-32-20-9-7-19(8-10-20)26-23(30)11-12-24(31)29-15-13-21(27-29)18-5-3-2-4-6-18/h2-10,14,16H,11-13,15,17H2,1H3,(H,26,30). The number of nitrogens with one attached hydrogen (secondary N) is 1. The number of amides is 2. The fraction of sp³-hybridized carbons (Fsp3) is 0.250. The molecule has 3 aromatic rings. The molecule has 0 saturated carbocycles. The highest BCUT2D eigenvalue weighted by Gasteiger charge is 2.21. The summed E-state index contributed by atoms with van der Waals surface area (Å²) in [6, 6.07) is 16.9. The van der Waals surface area contributed by atoms with E-state index in [2.05, 4.69) is 15.4 Å². The normalized spacial score (nSPS) is 13.0. The molecular weight excluding hydrogens is 406 g/mol. The summed E-state index contributed by atoms with van der Waals surface area (Å²) in [7, 11) is 1.91. The first-order valence-electron chi connectivity index (χ1n) is 10.5. The highest BCUT2D eigenvalue weighted by atomic mass is 16.5. The molecule has 8 heteroatoms. The molecule has 1 aliphatic rings. The van der Waals surface area contributed by atoms with Gasteiger partial charge in [0.1, 0.15) is 18.2 Å². The molecule has 0 unspecified atom stereocenters. The molecule has 2 heterocycles. The lowest BCUT2D eigenvalue weighted by Gasteiger charge is -2.11. The molecule has 1 N–H and O–H groups in total. The van der Waals surface area contributed by atoms with E-state index in [1.165, 1.54) is 5.01 Å². The van der Waals surface area contributed by atoms with Gasteiger partial charge in [0.05, 0.1) is 12.3 Å². The van der Waals surface area contributed by atoms with Crippen molar-refractivity contribution >= 4 is 23.2 Å². The van der Waals surface area contributed by atoms with Crippen molar-refractivity contribution in [3.05, 3.63) is 78.4 Å². The quantitative estimate of drug-likeness (QED) is 0.592. The van der Waals surface area contributed by atoms with Crippen molar-refractivity contribution in [2.24, 2.45) is 12.1 Å². The van der Waals surface area contributed by atoms with Gasteiger partial charge in [0.25, 0.3) is 0 Å². The van der Waals surface area contributed by atoms with Gasteiger partial charge in [0.15, 0.2) is 0 Å². The largest absolute Gasteiger partial charge is 0.486 e. The first-order valence-corrected chi connectivity index (χ1v) is 10.5. The van der Waals surface area contributed by atoms with Crippen LogP contribution in [0.1, 0.15) is 30.7 Å². The predicted octanol–water partition coefficient (Wildman–Crippen LogP) is 3.35. The number of benzene rings is 2. The van der Waals surface area contributed by atoms with Crippen molar-refractivity contribution in [1.82, 2.24) is 14.6 Å². The second kappa shape index (κ2) is 9.91. The van der Waals surface area contributed by atoms with Crippen LogP contribution < -0.4 is 10.1 Å². The van der Waals surface area contributed by atoms with Crippen molar-refractivity contribution in [3.63, 3.8) is 0 Å². The van der Waals surface area contributed by atoms with Gasteiger partial charge in [-0.3, -0.25) is 9.59 Å². The molecule has 0 radical (unpaired) electrons. The third kappa shape index (κ3) is 5.40. The Labute approximate surface area is 186 Å². The second-order valence-corrected chi connectivity index (χ2v) is 7.50. The summed E-state index contributed by atoms with van der Waals surface area (Å²) in [5.41, 5.74) is 2.57. The smallest absolute Gasteiger partial charge is 0.243 e. The van der Waals surface area contributed by atoms with E-state index in [1.807, 2.05) is 48.1 Å². The fourth-order valence-electron chi connectivity index (χ4n) is 3.36. The van der Waals surface area contributed by atoms with Crippen LogP contribution in [0.25, 0.3) is 0 Å². The molecule has 0 bridgehead atoms. The molecule has 0 spiro atoms. The molecule has 0 fully saturated rings. The molecule has 1 aliphatic heterocycles. The van der Waals surface area contributed by atoms with Gasteiger partial charge in [-0.25, -0.2) is 9.99 Å². The van der Waals surface area contributed by atoms with Crippen molar-refractivity contribution in [1.29, 1.82) is 0 Å². The zero-order chi connectivity index (χ0) is 22.3. The van der Waals surface area contributed by atoms with E-state index in [4.69, 9.17) is 4.74 Å². The summed E-state index contributed by atoms with van der Waals surface area (Å²) in [6.07, 6.45) is 4.52. The third-order valence-corrected chi connectivity index (χ3v) is 5.19. The monoisotopic (exact) mass is 431 g/mol. The van der Waals surface area contributed by atoms with Gasteiger partial charge in [-0.1, -0.05) is 30.3 Å². The Balaban J connectivity index is 1.22. The van der Waals surface area contributed by atoms with E-state index < -0.39 is 0 Å². The van der Waals surface area contributed by atoms with Gasteiger partial charge < -0.3 is 14.6 Å². The van der Waals surface area contributed by atoms with Gasteiger partial charge in [-0.05, 0) is 29.8 Å². The number of aromatic nitrogens is 2. The summed E-state index contributed by atoms with van der Waals surface area (Å²) in [5.74, 6) is 1.14. The van der Waals surface area contributed by atoms with Crippen LogP contribution in [0.3, 0.4) is 0 Å². The number of imidazole rings is 1. The summed E-state index contributed by atoms with van der Waals surface area (Å²) in [6.45, 7) is 0.909.